The minimum Gasteiger partial charge on any atom is -0.464 e. The van der Waals surface area contributed by atoms with Crippen molar-refractivity contribution in [3.63, 3.8) is 0 Å². The monoisotopic (exact) mass is 381 g/mol. The van der Waals surface area contributed by atoms with E-state index in [0.717, 1.165) is 17.2 Å². The number of rotatable bonds is 8. The number of amides is 2. The standard InChI is InChI=1S/C21H23N3O4/c1-27-23(11-8-22)9-2-3-10-24-20(25)16-6-4-5-15-18(16)17(21(24)26)13-14-7-12-28-19(14)15/h4-7,12-13H,2-3,8-11,22H2,1H3. The van der Waals surface area contributed by atoms with Crippen LogP contribution in [-0.2, 0) is 4.84 Å². The molecule has 0 atom stereocenters. The topological polar surface area (TPSA) is 89.0 Å². The van der Waals surface area contributed by atoms with Crippen LogP contribution in [-0.4, -0.2) is 55.1 Å². The van der Waals surface area contributed by atoms with E-state index in [2.05, 4.69) is 0 Å². The van der Waals surface area contributed by atoms with Crippen LogP contribution in [0.2, 0.25) is 0 Å². The Kier molecular flexibility index (Phi) is 5.13. The van der Waals surface area contributed by atoms with Crippen LogP contribution < -0.4 is 5.73 Å². The maximum absolute atomic E-state index is 13.1. The summed E-state index contributed by atoms with van der Waals surface area (Å²) in [7, 11) is 1.61. The molecule has 1 aliphatic heterocycles. The second-order valence-electron chi connectivity index (χ2n) is 6.86. The van der Waals surface area contributed by atoms with Crippen LogP contribution in [0.5, 0.6) is 0 Å². The molecular formula is C21H23N3O4. The summed E-state index contributed by atoms with van der Waals surface area (Å²) in [6, 6.07) is 9.15. The first-order chi connectivity index (χ1) is 13.7. The molecule has 4 rings (SSSR count). The molecule has 3 aromatic rings. The molecule has 1 aliphatic rings. The van der Waals surface area contributed by atoms with Gasteiger partial charge in [0.1, 0.15) is 5.58 Å². The number of carbonyl (C=O) groups excluding carboxylic acids is 2. The largest absolute Gasteiger partial charge is 0.464 e. The molecule has 0 saturated carbocycles. The quantitative estimate of drug-likeness (QED) is 0.367. The van der Waals surface area contributed by atoms with Gasteiger partial charge in [-0.1, -0.05) is 12.1 Å². The van der Waals surface area contributed by atoms with Gasteiger partial charge in [0.25, 0.3) is 11.8 Å². The van der Waals surface area contributed by atoms with E-state index in [4.69, 9.17) is 15.0 Å². The average Bonchev–Trinajstić information content (AvgIpc) is 3.19. The van der Waals surface area contributed by atoms with Crippen LogP contribution in [0.4, 0.5) is 0 Å². The fraction of sp³-hybridized carbons (Fsp3) is 0.333. The lowest BCUT2D eigenvalue weighted by molar-refractivity contribution is -0.129. The fourth-order valence-corrected chi connectivity index (χ4v) is 3.84. The van der Waals surface area contributed by atoms with Gasteiger partial charge in [-0.05, 0) is 31.0 Å². The highest BCUT2D eigenvalue weighted by atomic mass is 16.7. The molecule has 1 aromatic heterocycles. The highest BCUT2D eigenvalue weighted by molar-refractivity contribution is 6.28. The molecule has 2 aromatic carbocycles. The molecule has 146 valence electrons. The molecule has 0 aliphatic carbocycles. The molecule has 2 heterocycles. The van der Waals surface area contributed by atoms with Crippen LogP contribution in [0.25, 0.3) is 21.7 Å². The summed E-state index contributed by atoms with van der Waals surface area (Å²) in [5, 5.41) is 4.13. The molecule has 0 bridgehead atoms. The first-order valence-electron chi connectivity index (χ1n) is 9.44. The predicted octanol–water partition coefficient (Wildman–Crippen LogP) is 2.78. The van der Waals surface area contributed by atoms with Crippen molar-refractivity contribution in [2.45, 2.75) is 12.8 Å². The molecule has 0 unspecified atom stereocenters. The lowest BCUT2D eigenvalue weighted by Gasteiger charge is -2.27. The number of nitrogens with two attached hydrogens (primary N) is 1. The summed E-state index contributed by atoms with van der Waals surface area (Å²) < 4.78 is 5.58. The van der Waals surface area contributed by atoms with Crippen LogP contribution in [0.15, 0.2) is 41.0 Å². The first kappa shape index (κ1) is 18.6. The normalized spacial score (nSPS) is 14.0. The maximum atomic E-state index is 13.1. The summed E-state index contributed by atoms with van der Waals surface area (Å²) in [6.45, 7) is 2.23. The molecule has 0 spiro atoms. The number of nitrogens with zero attached hydrogens (tertiary/aromatic N) is 2. The zero-order chi connectivity index (χ0) is 19.7. The summed E-state index contributed by atoms with van der Waals surface area (Å²) in [6.07, 6.45) is 3.09. The molecule has 0 saturated heterocycles. The minimum absolute atomic E-state index is 0.248. The lowest BCUT2D eigenvalue weighted by atomic mass is 9.92. The van der Waals surface area contributed by atoms with E-state index in [1.807, 2.05) is 24.3 Å². The summed E-state index contributed by atoms with van der Waals surface area (Å²) in [4.78, 5) is 32.7. The van der Waals surface area contributed by atoms with Crippen molar-refractivity contribution < 1.29 is 18.8 Å². The third-order valence-corrected chi connectivity index (χ3v) is 5.20. The van der Waals surface area contributed by atoms with Gasteiger partial charge in [-0.15, -0.1) is 0 Å². The molecule has 2 N–H and O–H groups in total. The van der Waals surface area contributed by atoms with Gasteiger partial charge in [-0.2, -0.15) is 5.06 Å². The van der Waals surface area contributed by atoms with Crippen LogP contribution in [0.1, 0.15) is 33.6 Å². The molecule has 0 radical (unpaired) electrons. The van der Waals surface area contributed by atoms with E-state index in [-0.39, 0.29) is 11.8 Å². The number of fused-ring (bicyclic) bond motifs is 2. The van der Waals surface area contributed by atoms with E-state index in [0.29, 0.717) is 54.7 Å². The minimum atomic E-state index is -0.250. The van der Waals surface area contributed by atoms with E-state index >= 15 is 0 Å². The second kappa shape index (κ2) is 7.71. The van der Waals surface area contributed by atoms with Crippen molar-refractivity contribution in [2.24, 2.45) is 5.73 Å². The Morgan fingerprint density at radius 1 is 1.11 bits per heavy atom. The molecule has 7 nitrogen and oxygen atoms in total. The SMILES string of the molecule is CON(CCN)CCCCN1C(=O)c2cccc3c2c(cc2ccoc23)C1=O. The van der Waals surface area contributed by atoms with Gasteiger partial charge < -0.3 is 15.0 Å². The van der Waals surface area contributed by atoms with Gasteiger partial charge in [0.05, 0.1) is 13.4 Å². The molecule has 7 heteroatoms. The summed E-state index contributed by atoms with van der Waals surface area (Å²) in [5.74, 6) is -0.498. The number of hydrogen-bond acceptors (Lipinski definition) is 6. The Morgan fingerprint density at radius 2 is 1.93 bits per heavy atom. The smallest absolute Gasteiger partial charge is 0.261 e. The third-order valence-electron chi connectivity index (χ3n) is 5.20. The zero-order valence-electron chi connectivity index (χ0n) is 15.8. The number of furan rings is 1. The van der Waals surface area contributed by atoms with Gasteiger partial charge in [-0.25, -0.2) is 0 Å². The van der Waals surface area contributed by atoms with Gasteiger partial charge in [0.15, 0.2) is 0 Å². The van der Waals surface area contributed by atoms with E-state index in [1.54, 1.807) is 24.5 Å². The number of carbonyl (C=O) groups is 2. The van der Waals surface area contributed by atoms with Crippen molar-refractivity contribution in [1.29, 1.82) is 0 Å². The maximum Gasteiger partial charge on any atom is 0.261 e. The highest BCUT2D eigenvalue weighted by Gasteiger charge is 2.33. The summed E-state index contributed by atoms with van der Waals surface area (Å²) >= 11 is 0. The van der Waals surface area contributed by atoms with Gasteiger partial charge in [-0.3, -0.25) is 14.5 Å². The lowest BCUT2D eigenvalue weighted by Crippen LogP contribution is -2.41. The van der Waals surface area contributed by atoms with Crippen molar-refractivity contribution in [3.8, 4) is 0 Å². The first-order valence-corrected chi connectivity index (χ1v) is 9.44. The number of hydroxylamine groups is 2. The fourth-order valence-electron chi connectivity index (χ4n) is 3.84. The van der Waals surface area contributed by atoms with Crippen LogP contribution >= 0.6 is 0 Å². The third kappa shape index (κ3) is 3.07. The molecule has 0 fully saturated rings. The van der Waals surface area contributed by atoms with Crippen molar-refractivity contribution >= 4 is 33.6 Å². The van der Waals surface area contributed by atoms with E-state index in [1.165, 1.54) is 4.90 Å². The van der Waals surface area contributed by atoms with Crippen molar-refractivity contribution in [2.75, 3.05) is 33.3 Å². The van der Waals surface area contributed by atoms with Crippen LogP contribution in [0, 0.1) is 0 Å². The Bertz CT molecular complexity index is 1040. The Labute approximate surface area is 162 Å². The highest BCUT2D eigenvalue weighted by Crippen LogP contribution is 2.35. The van der Waals surface area contributed by atoms with E-state index < -0.39 is 0 Å². The Balaban J connectivity index is 1.58. The van der Waals surface area contributed by atoms with Gasteiger partial charge in [0, 0.05) is 53.5 Å². The Morgan fingerprint density at radius 3 is 2.71 bits per heavy atom. The van der Waals surface area contributed by atoms with Crippen molar-refractivity contribution in [3.05, 3.63) is 47.7 Å². The predicted molar refractivity (Wildman–Crippen MR) is 106 cm³/mol. The van der Waals surface area contributed by atoms with Crippen LogP contribution in [0.3, 0.4) is 0 Å². The zero-order valence-corrected chi connectivity index (χ0v) is 15.8. The number of benzene rings is 2. The second-order valence-corrected chi connectivity index (χ2v) is 6.86. The van der Waals surface area contributed by atoms with Crippen molar-refractivity contribution in [1.82, 2.24) is 9.96 Å². The number of imide groups is 1. The molecule has 28 heavy (non-hydrogen) atoms. The Hall–Kier alpha value is -2.74. The van der Waals surface area contributed by atoms with Gasteiger partial charge in [0.2, 0.25) is 0 Å². The summed E-state index contributed by atoms with van der Waals surface area (Å²) in [5.41, 5.74) is 7.36. The number of unbranched alkanes of at least 4 members (excludes halogenated alkanes) is 1. The number of hydrogen-bond donors (Lipinski definition) is 1. The van der Waals surface area contributed by atoms with Gasteiger partial charge >= 0.3 is 0 Å². The van der Waals surface area contributed by atoms with E-state index in [9.17, 15) is 9.59 Å². The molecular weight excluding hydrogens is 358 g/mol. The molecule has 2 amide bonds. The average molecular weight is 381 g/mol.